The molecule has 4 nitrogen and oxygen atoms in total. The van der Waals surface area contributed by atoms with Crippen LogP contribution in [0.5, 0.6) is 0 Å². The van der Waals surface area contributed by atoms with Crippen LogP contribution in [-0.2, 0) is 0 Å². The molecule has 0 aliphatic rings. The van der Waals surface area contributed by atoms with Crippen molar-refractivity contribution in [2.24, 2.45) is 5.73 Å². The van der Waals surface area contributed by atoms with Crippen LogP contribution in [-0.4, -0.2) is 29.1 Å². The molecular weight excluding hydrogens is 212 g/mol. The van der Waals surface area contributed by atoms with E-state index in [1.807, 2.05) is 38.2 Å². The molecule has 1 aromatic heterocycles. The first kappa shape index (κ1) is 13.9. The van der Waals surface area contributed by atoms with Gasteiger partial charge in [-0.1, -0.05) is 13.8 Å². The molecule has 17 heavy (non-hydrogen) atoms. The molecule has 0 aliphatic heterocycles. The summed E-state index contributed by atoms with van der Waals surface area (Å²) in [6.07, 6.45) is 4.72. The molecule has 0 atom stereocenters. The van der Waals surface area contributed by atoms with Gasteiger partial charge in [0.1, 0.15) is 0 Å². The van der Waals surface area contributed by atoms with Crippen LogP contribution in [0.25, 0.3) is 0 Å². The Bertz CT molecular complexity index is 337. The molecule has 1 heterocycles. The van der Waals surface area contributed by atoms with Gasteiger partial charge in [-0.25, -0.2) is 9.97 Å². The monoisotopic (exact) mass is 236 g/mol. The number of nitrogens with zero attached hydrogens (tertiary/aromatic N) is 3. The van der Waals surface area contributed by atoms with Gasteiger partial charge in [-0.15, -0.1) is 0 Å². The van der Waals surface area contributed by atoms with Gasteiger partial charge in [0.2, 0.25) is 5.95 Å². The highest BCUT2D eigenvalue weighted by Gasteiger charge is 2.13. The molecule has 0 bridgehead atoms. The number of rotatable bonds is 5. The number of hydrogen-bond donors (Lipinski definition) is 1. The first-order valence-corrected chi connectivity index (χ1v) is 6.11. The zero-order valence-electron chi connectivity index (χ0n) is 11.6. The van der Waals surface area contributed by atoms with Crippen molar-refractivity contribution in [2.45, 2.75) is 45.6 Å². The summed E-state index contributed by atoms with van der Waals surface area (Å²) in [7, 11) is 2.00. The highest BCUT2D eigenvalue weighted by atomic mass is 15.2. The van der Waals surface area contributed by atoms with Gasteiger partial charge in [-0.3, -0.25) is 0 Å². The number of anilines is 1. The Labute approximate surface area is 104 Å². The molecule has 0 fully saturated rings. The van der Waals surface area contributed by atoms with Crippen LogP contribution in [0.2, 0.25) is 0 Å². The van der Waals surface area contributed by atoms with E-state index in [1.165, 1.54) is 5.56 Å². The predicted molar refractivity (Wildman–Crippen MR) is 72.3 cm³/mol. The summed E-state index contributed by atoms with van der Waals surface area (Å²) in [5.74, 6) is 1.23. The summed E-state index contributed by atoms with van der Waals surface area (Å²) in [6.45, 7) is 9.20. The van der Waals surface area contributed by atoms with Crippen molar-refractivity contribution in [3.63, 3.8) is 0 Å². The molecule has 0 spiro atoms. The fourth-order valence-corrected chi connectivity index (χ4v) is 1.38. The van der Waals surface area contributed by atoms with E-state index < -0.39 is 0 Å². The average molecular weight is 236 g/mol. The third kappa shape index (κ3) is 4.69. The van der Waals surface area contributed by atoms with Gasteiger partial charge in [0.25, 0.3) is 0 Å². The molecule has 0 radical (unpaired) electrons. The lowest BCUT2D eigenvalue weighted by Crippen LogP contribution is -2.36. The van der Waals surface area contributed by atoms with Gasteiger partial charge in [0, 0.05) is 31.5 Å². The Morgan fingerprint density at radius 1 is 1.29 bits per heavy atom. The van der Waals surface area contributed by atoms with Crippen LogP contribution >= 0.6 is 0 Å². The molecule has 0 aromatic carbocycles. The zero-order chi connectivity index (χ0) is 13.1. The molecule has 1 rings (SSSR count). The summed E-state index contributed by atoms with van der Waals surface area (Å²) in [5, 5.41) is 0. The van der Waals surface area contributed by atoms with E-state index in [0.29, 0.717) is 5.92 Å². The minimum atomic E-state index is -0.147. The van der Waals surface area contributed by atoms with Crippen LogP contribution in [0.4, 0.5) is 5.95 Å². The molecule has 96 valence electrons. The first-order valence-electron chi connectivity index (χ1n) is 6.11. The lowest BCUT2D eigenvalue weighted by atomic mass is 10.0. The smallest absolute Gasteiger partial charge is 0.224 e. The van der Waals surface area contributed by atoms with Crippen LogP contribution < -0.4 is 10.6 Å². The van der Waals surface area contributed by atoms with Crippen LogP contribution in [0, 0.1) is 0 Å². The molecule has 0 aliphatic carbocycles. The van der Waals surface area contributed by atoms with Crippen molar-refractivity contribution in [3.8, 4) is 0 Å². The highest BCUT2D eigenvalue weighted by Crippen LogP contribution is 2.14. The summed E-state index contributed by atoms with van der Waals surface area (Å²) in [4.78, 5) is 10.8. The van der Waals surface area contributed by atoms with Crippen molar-refractivity contribution in [3.05, 3.63) is 18.0 Å². The fraction of sp³-hybridized carbons (Fsp3) is 0.692. The van der Waals surface area contributed by atoms with Gasteiger partial charge in [0.15, 0.2) is 0 Å². The second kappa shape index (κ2) is 5.45. The Morgan fingerprint density at radius 3 is 2.24 bits per heavy atom. The first-order chi connectivity index (χ1) is 7.79. The van der Waals surface area contributed by atoms with Gasteiger partial charge in [-0.2, -0.15) is 0 Å². The quantitative estimate of drug-likeness (QED) is 0.851. The Morgan fingerprint density at radius 2 is 1.82 bits per heavy atom. The van der Waals surface area contributed by atoms with E-state index in [4.69, 9.17) is 5.73 Å². The van der Waals surface area contributed by atoms with Crippen LogP contribution in [0.3, 0.4) is 0 Å². The number of nitrogens with two attached hydrogens (primary N) is 1. The lowest BCUT2D eigenvalue weighted by molar-refractivity contribution is 0.477. The summed E-state index contributed by atoms with van der Waals surface area (Å²) >= 11 is 0. The van der Waals surface area contributed by atoms with Crippen molar-refractivity contribution >= 4 is 5.95 Å². The van der Waals surface area contributed by atoms with E-state index in [0.717, 1.165) is 18.9 Å². The Kier molecular flexibility index (Phi) is 4.46. The molecule has 1 aromatic rings. The molecule has 4 heteroatoms. The molecule has 0 amide bonds. The van der Waals surface area contributed by atoms with Crippen molar-refractivity contribution in [1.82, 2.24) is 9.97 Å². The second-order valence-corrected chi connectivity index (χ2v) is 5.63. The number of hydrogen-bond acceptors (Lipinski definition) is 4. The summed E-state index contributed by atoms with van der Waals surface area (Å²) in [5.41, 5.74) is 6.98. The fourth-order valence-electron chi connectivity index (χ4n) is 1.38. The van der Waals surface area contributed by atoms with Gasteiger partial charge < -0.3 is 10.6 Å². The van der Waals surface area contributed by atoms with Gasteiger partial charge in [0.05, 0.1) is 0 Å². The zero-order valence-corrected chi connectivity index (χ0v) is 11.6. The molecular formula is C13H24N4. The molecule has 0 unspecified atom stereocenters. The van der Waals surface area contributed by atoms with Crippen LogP contribution in [0.1, 0.15) is 45.6 Å². The maximum absolute atomic E-state index is 5.96. The standard InChI is InChI=1S/C13H24N4/c1-10(2)11-8-15-12(16-9-11)17(5)7-6-13(3,4)14/h8-10H,6-7,14H2,1-5H3. The summed E-state index contributed by atoms with van der Waals surface area (Å²) < 4.78 is 0. The molecule has 2 N–H and O–H groups in total. The Hall–Kier alpha value is -1.16. The third-order valence-corrected chi connectivity index (χ3v) is 2.76. The van der Waals surface area contributed by atoms with Crippen molar-refractivity contribution in [2.75, 3.05) is 18.5 Å². The third-order valence-electron chi connectivity index (χ3n) is 2.76. The Balaban J connectivity index is 2.60. The van der Waals surface area contributed by atoms with E-state index in [1.54, 1.807) is 0 Å². The van der Waals surface area contributed by atoms with Gasteiger partial charge in [-0.05, 0) is 31.7 Å². The average Bonchev–Trinajstić information content (AvgIpc) is 2.25. The maximum atomic E-state index is 5.96. The van der Waals surface area contributed by atoms with E-state index in [9.17, 15) is 0 Å². The van der Waals surface area contributed by atoms with Crippen molar-refractivity contribution in [1.29, 1.82) is 0 Å². The van der Waals surface area contributed by atoms with E-state index in [-0.39, 0.29) is 5.54 Å². The van der Waals surface area contributed by atoms with Crippen LogP contribution in [0.15, 0.2) is 12.4 Å². The maximum Gasteiger partial charge on any atom is 0.224 e. The molecule has 0 saturated heterocycles. The predicted octanol–water partition coefficient (Wildman–Crippen LogP) is 2.16. The molecule has 0 saturated carbocycles. The number of aromatic nitrogens is 2. The van der Waals surface area contributed by atoms with Crippen molar-refractivity contribution < 1.29 is 0 Å². The minimum Gasteiger partial charge on any atom is -0.344 e. The SMILES string of the molecule is CC(C)c1cnc(N(C)CCC(C)(C)N)nc1. The van der Waals surface area contributed by atoms with E-state index in [2.05, 4.69) is 23.8 Å². The highest BCUT2D eigenvalue weighted by molar-refractivity contribution is 5.28. The summed E-state index contributed by atoms with van der Waals surface area (Å²) in [6, 6.07) is 0. The normalized spacial score (nSPS) is 11.9. The topological polar surface area (TPSA) is 55.0 Å². The lowest BCUT2D eigenvalue weighted by Gasteiger charge is -2.23. The van der Waals surface area contributed by atoms with E-state index >= 15 is 0 Å². The second-order valence-electron chi connectivity index (χ2n) is 5.63. The minimum absolute atomic E-state index is 0.147. The van der Waals surface area contributed by atoms with Gasteiger partial charge >= 0.3 is 0 Å². The largest absolute Gasteiger partial charge is 0.344 e.